The van der Waals surface area contributed by atoms with Gasteiger partial charge in [-0.05, 0) is 87.6 Å². The van der Waals surface area contributed by atoms with Crippen LogP contribution in [0.4, 0.5) is 20.6 Å². The Hall–Kier alpha value is -4.14. The standard InChI is InChI=1S/C31H37FN4O4/c1-31(2,3)40-30(38)35-25-7-4-22(5-8-25)14-19-39-28-20-24(6-9-27(28)32)29(37)34-21-23-12-17-36(18-13-23)26-10-15-33-16-11-26/h4-11,15-16,20,23H,12-14,17-19,21H2,1-3H3,(H,34,37)(H,35,38). The van der Waals surface area contributed by atoms with Gasteiger partial charge in [-0.3, -0.25) is 15.1 Å². The van der Waals surface area contributed by atoms with Gasteiger partial charge in [-0.2, -0.15) is 0 Å². The summed E-state index contributed by atoms with van der Waals surface area (Å²) < 4.78 is 25.3. The van der Waals surface area contributed by atoms with Crippen molar-refractivity contribution in [2.24, 2.45) is 5.92 Å². The number of pyridine rings is 1. The highest BCUT2D eigenvalue weighted by Crippen LogP contribution is 2.23. The average molecular weight is 549 g/mol. The van der Waals surface area contributed by atoms with Crippen LogP contribution in [0, 0.1) is 11.7 Å². The van der Waals surface area contributed by atoms with Crippen molar-refractivity contribution < 1.29 is 23.5 Å². The molecular formula is C31H37FN4O4. The maximum Gasteiger partial charge on any atom is 0.412 e. The Morgan fingerprint density at radius 2 is 1.73 bits per heavy atom. The molecule has 0 aliphatic carbocycles. The Labute approximate surface area is 234 Å². The molecule has 1 aliphatic rings. The van der Waals surface area contributed by atoms with E-state index in [0.717, 1.165) is 31.5 Å². The van der Waals surface area contributed by atoms with Crippen LogP contribution < -0.4 is 20.3 Å². The van der Waals surface area contributed by atoms with E-state index in [4.69, 9.17) is 9.47 Å². The Balaban J connectivity index is 1.21. The normalized spacial score (nSPS) is 13.9. The third-order valence-electron chi connectivity index (χ3n) is 6.63. The number of rotatable bonds is 9. The number of carbonyl (C=O) groups excluding carboxylic acids is 2. The lowest BCUT2D eigenvalue weighted by molar-refractivity contribution is 0.0635. The first kappa shape index (κ1) is 28.9. The largest absolute Gasteiger partial charge is 0.490 e. The molecular weight excluding hydrogens is 511 g/mol. The summed E-state index contributed by atoms with van der Waals surface area (Å²) in [5.74, 6) is -0.322. The third-order valence-corrected chi connectivity index (χ3v) is 6.63. The van der Waals surface area contributed by atoms with Crippen molar-refractivity contribution in [2.75, 3.05) is 36.5 Å². The van der Waals surface area contributed by atoms with E-state index < -0.39 is 17.5 Å². The van der Waals surface area contributed by atoms with E-state index in [1.54, 1.807) is 45.3 Å². The summed E-state index contributed by atoms with van der Waals surface area (Å²) in [5, 5.41) is 5.69. The molecule has 1 saturated heterocycles. The number of ether oxygens (including phenoxy) is 2. The smallest absolute Gasteiger partial charge is 0.412 e. The summed E-state index contributed by atoms with van der Waals surface area (Å²) in [6.07, 6.45) is 5.58. The first-order chi connectivity index (χ1) is 19.2. The van der Waals surface area contributed by atoms with Gasteiger partial charge in [0, 0.05) is 55.4 Å². The number of anilines is 2. The highest BCUT2D eigenvalue weighted by Gasteiger charge is 2.21. The molecule has 8 nitrogen and oxygen atoms in total. The molecule has 4 rings (SSSR count). The van der Waals surface area contributed by atoms with Gasteiger partial charge < -0.3 is 19.7 Å². The van der Waals surface area contributed by atoms with Crippen molar-refractivity contribution in [2.45, 2.75) is 45.6 Å². The first-order valence-corrected chi connectivity index (χ1v) is 13.6. The molecule has 0 radical (unpaired) electrons. The van der Waals surface area contributed by atoms with Crippen molar-refractivity contribution in [3.8, 4) is 5.75 Å². The molecule has 0 spiro atoms. The molecule has 1 aliphatic heterocycles. The third kappa shape index (κ3) is 8.69. The lowest BCUT2D eigenvalue weighted by Crippen LogP contribution is -2.38. The molecule has 0 bridgehead atoms. The number of amides is 2. The first-order valence-electron chi connectivity index (χ1n) is 13.6. The van der Waals surface area contributed by atoms with Gasteiger partial charge in [0.1, 0.15) is 5.60 Å². The van der Waals surface area contributed by atoms with Gasteiger partial charge in [-0.1, -0.05) is 12.1 Å². The van der Waals surface area contributed by atoms with Crippen molar-refractivity contribution in [3.05, 3.63) is 83.9 Å². The summed E-state index contributed by atoms with van der Waals surface area (Å²) in [6, 6.07) is 15.5. The minimum absolute atomic E-state index is 0.0431. The summed E-state index contributed by atoms with van der Waals surface area (Å²) >= 11 is 0. The van der Waals surface area contributed by atoms with E-state index in [-0.39, 0.29) is 18.3 Å². The number of nitrogens with one attached hydrogen (secondary N) is 2. The average Bonchev–Trinajstić information content (AvgIpc) is 2.93. The fourth-order valence-electron chi connectivity index (χ4n) is 4.50. The SMILES string of the molecule is CC(C)(C)OC(=O)Nc1ccc(CCOc2cc(C(=O)NCC3CCN(c4ccncc4)CC3)ccc2F)cc1. The molecule has 2 aromatic carbocycles. The van der Waals surface area contributed by atoms with Crippen LogP contribution in [0.25, 0.3) is 0 Å². The molecule has 0 saturated carbocycles. The highest BCUT2D eigenvalue weighted by molar-refractivity contribution is 5.94. The van der Waals surface area contributed by atoms with Crippen LogP contribution in [0.1, 0.15) is 49.5 Å². The number of nitrogens with zero attached hydrogens (tertiary/aromatic N) is 2. The number of hydrogen-bond acceptors (Lipinski definition) is 6. The molecule has 1 fully saturated rings. The fourth-order valence-corrected chi connectivity index (χ4v) is 4.50. The number of piperidine rings is 1. The van der Waals surface area contributed by atoms with E-state index in [0.29, 0.717) is 30.1 Å². The van der Waals surface area contributed by atoms with Crippen LogP contribution >= 0.6 is 0 Å². The number of carbonyl (C=O) groups is 2. The van der Waals surface area contributed by atoms with E-state index >= 15 is 0 Å². The van der Waals surface area contributed by atoms with Crippen LogP contribution in [0.5, 0.6) is 5.75 Å². The maximum atomic E-state index is 14.4. The van der Waals surface area contributed by atoms with Gasteiger partial charge in [-0.25, -0.2) is 9.18 Å². The Morgan fingerprint density at radius 1 is 1.02 bits per heavy atom. The lowest BCUT2D eigenvalue weighted by Gasteiger charge is -2.33. The van der Waals surface area contributed by atoms with Crippen LogP contribution in [-0.4, -0.2) is 48.8 Å². The Bertz CT molecular complexity index is 1270. The number of hydrogen-bond donors (Lipinski definition) is 2. The topological polar surface area (TPSA) is 92.8 Å². The summed E-state index contributed by atoms with van der Waals surface area (Å²) in [4.78, 5) is 31.1. The second-order valence-electron chi connectivity index (χ2n) is 10.9. The molecule has 2 amide bonds. The highest BCUT2D eigenvalue weighted by atomic mass is 19.1. The summed E-state index contributed by atoms with van der Waals surface area (Å²) in [5.41, 5.74) is 2.53. The number of halogens is 1. The van der Waals surface area contributed by atoms with Gasteiger partial charge in [0.25, 0.3) is 5.91 Å². The monoisotopic (exact) mass is 548 g/mol. The molecule has 40 heavy (non-hydrogen) atoms. The van der Waals surface area contributed by atoms with Gasteiger partial charge in [-0.15, -0.1) is 0 Å². The van der Waals surface area contributed by atoms with E-state index in [9.17, 15) is 14.0 Å². The zero-order valence-corrected chi connectivity index (χ0v) is 23.3. The molecule has 1 aromatic heterocycles. The summed E-state index contributed by atoms with van der Waals surface area (Å²) in [6.45, 7) is 8.08. The van der Waals surface area contributed by atoms with Gasteiger partial charge in [0.2, 0.25) is 0 Å². The fraction of sp³-hybridized carbons (Fsp3) is 0.387. The second-order valence-corrected chi connectivity index (χ2v) is 10.9. The van der Waals surface area contributed by atoms with Crippen molar-refractivity contribution in [3.63, 3.8) is 0 Å². The Kier molecular flexibility index (Phi) is 9.58. The van der Waals surface area contributed by atoms with Crippen molar-refractivity contribution in [1.29, 1.82) is 0 Å². The predicted molar refractivity (Wildman–Crippen MR) is 153 cm³/mol. The zero-order valence-electron chi connectivity index (χ0n) is 23.3. The Morgan fingerprint density at radius 3 is 2.40 bits per heavy atom. The number of benzene rings is 2. The molecule has 2 heterocycles. The van der Waals surface area contributed by atoms with Gasteiger partial charge >= 0.3 is 6.09 Å². The van der Waals surface area contributed by atoms with Crippen molar-refractivity contribution in [1.82, 2.24) is 10.3 Å². The minimum atomic E-state index is -0.576. The quantitative estimate of drug-likeness (QED) is 0.349. The van der Waals surface area contributed by atoms with Gasteiger partial charge in [0.15, 0.2) is 11.6 Å². The molecule has 2 N–H and O–H groups in total. The van der Waals surface area contributed by atoms with Crippen LogP contribution in [-0.2, 0) is 11.2 Å². The molecule has 9 heteroatoms. The molecule has 0 atom stereocenters. The molecule has 3 aromatic rings. The maximum absolute atomic E-state index is 14.4. The lowest BCUT2D eigenvalue weighted by atomic mass is 9.96. The predicted octanol–water partition coefficient (Wildman–Crippen LogP) is 5.84. The second kappa shape index (κ2) is 13.3. The van der Waals surface area contributed by atoms with Crippen molar-refractivity contribution >= 4 is 23.4 Å². The van der Waals surface area contributed by atoms with Crippen LogP contribution in [0.15, 0.2) is 67.0 Å². The van der Waals surface area contributed by atoms with Crippen LogP contribution in [0.3, 0.4) is 0 Å². The van der Waals surface area contributed by atoms with Crippen LogP contribution in [0.2, 0.25) is 0 Å². The minimum Gasteiger partial charge on any atom is -0.490 e. The van der Waals surface area contributed by atoms with E-state index in [2.05, 4.69) is 20.5 Å². The molecule has 212 valence electrons. The van der Waals surface area contributed by atoms with Gasteiger partial charge in [0.05, 0.1) is 6.61 Å². The summed E-state index contributed by atoms with van der Waals surface area (Å²) in [7, 11) is 0. The molecule has 0 unspecified atom stereocenters. The number of aromatic nitrogens is 1. The van der Waals surface area contributed by atoms with E-state index in [1.165, 1.54) is 23.9 Å². The zero-order chi connectivity index (χ0) is 28.5. The van der Waals surface area contributed by atoms with E-state index in [1.807, 2.05) is 24.3 Å².